The van der Waals surface area contributed by atoms with Crippen LogP contribution in [0, 0.1) is 17.8 Å². The Morgan fingerprint density at radius 3 is 2.83 bits per heavy atom. The molecule has 0 amide bonds. The summed E-state index contributed by atoms with van der Waals surface area (Å²) in [6.45, 7) is 0.758. The highest BCUT2D eigenvalue weighted by molar-refractivity contribution is 5.92. The van der Waals surface area contributed by atoms with Crippen molar-refractivity contribution in [3.05, 3.63) is 18.3 Å². The van der Waals surface area contributed by atoms with Crippen molar-refractivity contribution in [1.82, 2.24) is 16.1 Å². The molecule has 2 aliphatic carbocycles. The van der Waals surface area contributed by atoms with Gasteiger partial charge in [-0.15, -0.1) is 0 Å². The molecule has 4 atom stereocenters. The lowest BCUT2D eigenvalue weighted by atomic mass is 9.92. The Morgan fingerprint density at radius 1 is 1.25 bits per heavy atom. The van der Waals surface area contributed by atoms with E-state index in [9.17, 15) is 0 Å². The second-order valence-corrected chi connectivity index (χ2v) is 7.08. The fourth-order valence-electron chi connectivity index (χ4n) is 4.67. The van der Waals surface area contributed by atoms with Crippen molar-refractivity contribution in [2.24, 2.45) is 17.8 Å². The Hall–Kier alpha value is -2.08. The van der Waals surface area contributed by atoms with Crippen LogP contribution in [0.3, 0.4) is 0 Å². The minimum Gasteiger partial charge on any atom is -0.488 e. The highest BCUT2D eigenvalue weighted by atomic mass is 16.5. The molecule has 3 heterocycles. The largest absolute Gasteiger partial charge is 0.488 e. The molecule has 6 heteroatoms. The van der Waals surface area contributed by atoms with Gasteiger partial charge < -0.3 is 20.5 Å². The zero-order valence-electron chi connectivity index (χ0n) is 14.2. The summed E-state index contributed by atoms with van der Waals surface area (Å²) in [5.74, 6) is 4.12. The zero-order chi connectivity index (χ0) is 15.6. The van der Waals surface area contributed by atoms with Crippen LogP contribution in [0.2, 0.25) is 0 Å². The van der Waals surface area contributed by atoms with Crippen LogP contribution in [0.5, 0.6) is 11.6 Å². The Morgan fingerprint density at radius 2 is 2.12 bits per heavy atom. The number of methoxy groups -OCH3 is 1. The van der Waals surface area contributed by atoms with Crippen molar-refractivity contribution < 1.29 is 9.47 Å². The topological polar surface area (TPSA) is 82.5 Å². The van der Waals surface area contributed by atoms with Crippen LogP contribution >= 0.6 is 0 Å². The first-order valence-electron chi connectivity index (χ1n) is 8.45. The van der Waals surface area contributed by atoms with Gasteiger partial charge in [-0.3, -0.25) is 4.98 Å². The van der Waals surface area contributed by atoms with Crippen molar-refractivity contribution in [1.29, 1.82) is 0 Å². The third-order valence-electron chi connectivity index (χ3n) is 5.99. The minimum absolute atomic E-state index is 0. The maximum absolute atomic E-state index is 6.08. The van der Waals surface area contributed by atoms with Crippen molar-refractivity contribution >= 4 is 16.7 Å². The summed E-state index contributed by atoms with van der Waals surface area (Å²) in [7, 11) is 3.83. The number of hydrogen-bond acceptors (Lipinski definition) is 6. The lowest BCUT2D eigenvalue weighted by Crippen LogP contribution is -2.46. The van der Waals surface area contributed by atoms with Gasteiger partial charge in [0, 0.05) is 13.1 Å². The first-order chi connectivity index (χ1) is 11.3. The van der Waals surface area contributed by atoms with Gasteiger partial charge in [-0.1, -0.05) is 0 Å². The summed E-state index contributed by atoms with van der Waals surface area (Å²) in [5.41, 5.74) is 2.82. The molecule has 3 aliphatic rings. The first-order valence-corrected chi connectivity index (χ1v) is 8.45. The van der Waals surface area contributed by atoms with Gasteiger partial charge in [0.25, 0.3) is 0 Å². The number of anilines is 1. The minimum atomic E-state index is 0. The standard InChI is InChI=1S/C18H21N3O2.H3N/c1-21-14(11-4-3-10-7-12(10)11)9-23-15-8-19-13-5-6-16(22-2)20-17(13)18(15)21;/h5-6,8,10-12,14H,3-4,7,9H2,1-2H3;1H3. The van der Waals surface area contributed by atoms with Crippen LogP contribution in [0.25, 0.3) is 11.0 Å². The van der Waals surface area contributed by atoms with Gasteiger partial charge in [0.2, 0.25) is 5.88 Å². The van der Waals surface area contributed by atoms with E-state index in [0.717, 1.165) is 46.8 Å². The number of likely N-dealkylation sites (N-methyl/N-ethyl adjacent to an activating group) is 1. The number of nitrogens with zero attached hydrogens (tertiary/aromatic N) is 3. The molecule has 2 aromatic rings. The molecule has 0 aromatic carbocycles. The molecule has 24 heavy (non-hydrogen) atoms. The van der Waals surface area contributed by atoms with E-state index in [1.165, 1.54) is 19.3 Å². The van der Waals surface area contributed by atoms with E-state index in [2.05, 4.69) is 21.9 Å². The lowest BCUT2D eigenvalue weighted by Gasteiger charge is -2.39. The number of pyridine rings is 2. The van der Waals surface area contributed by atoms with E-state index in [0.29, 0.717) is 11.9 Å². The predicted octanol–water partition coefficient (Wildman–Crippen LogP) is 3.04. The number of ether oxygens (including phenoxy) is 2. The lowest BCUT2D eigenvalue weighted by molar-refractivity contribution is 0.214. The van der Waals surface area contributed by atoms with Crippen LogP contribution in [0.4, 0.5) is 5.69 Å². The summed E-state index contributed by atoms with van der Waals surface area (Å²) in [6.07, 6.45) is 5.98. The smallest absolute Gasteiger partial charge is 0.213 e. The highest BCUT2D eigenvalue weighted by Crippen LogP contribution is 2.58. The van der Waals surface area contributed by atoms with E-state index in [1.807, 2.05) is 18.3 Å². The number of aromatic nitrogens is 2. The van der Waals surface area contributed by atoms with Gasteiger partial charge in [-0.2, -0.15) is 0 Å². The maximum atomic E-state index is 6.08. The van der Waals surface area contributed by atoms with Gasteiger partial charge in [-0.05, 0) is 43.1 Å². The predicted molar refractivity (Wildman–Crippen MR) is 93.1 cm³/mol. The number of rotatable bonds is 2. The maximum Gasteiger partial charge on any atom is 0.213 e. The summed E-state index contributed by atoms with van der Waals surface area (Å²) in [6, 6.07) is 4.26. The third kappa shape index (κ3) is 2.13. The van der Waals surface area contributed by atoms with Crippen molar-refractivity contribution in [2.45, 2.75) is 25.3 Å². The normalized spacial score (nSPS) is 30.2. The van der Waals surface area contributed by atoms with E-state index in [-0.39, 0.29) is 6.15 Å². The van der Waals surface area contributed by atoms with Crippen LogP contribution in [0.15, 0.2) is 18.3 Å². The van der Waals surface area contributed by atoms with E-state index < -0.39 is 0 Å². The zero-order valence-corrected chi connectivity index (χ0v) is 14.2. The molecule has 5 rings (SSSR count). The summed E-state index contributed by atoms with van der Waals surface area (Å²) >= 11 is 0. The molecule has 0 radical (unpaired) electrons. The molecule has 128 valence electrons. The number of hydrogen-bond donors (Lipinski definition) is 1. The molecule has 6 nitrogen and oxygen atoms in total. The van der Waals surface area contributed by atoms with Gasteiger partial charge >= 0.3 is 0 Å². The monoisotopic (exact) mass is 328 g/mol. The van der Waals surface area contributed by atoms with E-state index in [1.54, 1.807) is 7.11 Å². The average molecular weight is 328 g/mol. The molecule has 2 aromatic heterocycles. The van der Waals surface area contributed by atoms with Gasteiger partial charge in [0.1, 0.15) is 17.8 Å². The van der Waals surface area contributed by atoms with E-state index >= 15 is 0 Å². The molecule has 1 aliphatic heterocycles. The molecule has 0 spiro atoms. The third-order valence-corrected chi connectivity index (χ3v) is 5.99. The molecule has 0 saturated heterocycles. The number of fused-ring (bicyclic) bond motifs is 4. The van der Waals surface area contributed by atoms with Crippen LogP contribution in [-0.2, 0) is 0 Å². The second-order valence-electron chi connectivity index (χ2n) is 7.08. The molecular weight excluding hydrogens is 304 g/mol. The SMILES string of the molecule is COc1ccc2ncc3c(c2n1)N(C)C(C1CCC2CC21)CO3.N. The van der Waals surface area contributed by atoms with Crippen LogP contribution < -0.4 is 20.5 Å². The molecule has 2 fully saturated rings. The van der Waals surface area contributed by atoms with E-state index in [4.69, 9.17) is 9.47 Å². The Balaban J connectivity index is 0.00000146. The van der Waals surface area contributed by atoms with Gasteiger partial charge in [0.15, 0.2) is 5.75 Å². The summed E-state index contributed by atoms with van der Waals surface area (Å²) < 4.78 is 11.4. The van der Waals surface area contributed by atoms with Crippen LogP contribution in [-0.4, -0.2) is 36.8 Å². The molecule has 2 saturated carbocycles. The van der Waals surface area contributed by atoms with Gasteiger partial charge in [0.05, 0.1) is 24.9 Å². The van der Waals surface area contributed by atoms with Crippen LogP contribution in [0.1, 0.15) is 19.3 Å². The fraction of sp³-hybridized carbons (Fsp3) is 0.556. The van der Waals surface area contributed by atoms with Crippen molar-refractivity contribution in [3.63, 3.8) is 0 Å². The first kappa shape index (κ1) is 15.4. The average Bonchev–Trinajstić information content (AvgIpc) is 3.25. The molecule has 4 unspecified atom stereocenters. The Kier molecular flexibility index (Phi) is 3.53. The molecular formula is C18H24N4O2. The summed E-state index contributed by atoms with van der Waals surface area (Å²) in [4.78, 5) is 11.5. The van der Waals surface area contributed by atoms with Crippen molar-refractivity contribution in [2.75, 3.05) is 25.7 Å². The Labute approximate surface area is 141 Å². The second kappa shape index (κ2) is 5.48. The molecule has 3 N–H and O–H groups in total. The highest BCUT2D eigenvalue weighted by Gasteiger charge is 2.52. The fourth-order valence-corrected chi connectivity index (χ4v) is 4.67. The summed E-state index contributed by atoms with van der Waals surface area (Å²) in [5, 5.41) is 0. The Bertz CT molecular complexity index is 776. The van der Waals surface area contributed by atoms with Gasteiger partial charge in [-0.25, -0.2) is 4.98 Å². The molecule has 0 bridgehead atoms. The quantitative estimate of drug-likeness (QED) is 0.912. The van der Waals surface area contributed by atoms with Crippen molar-refractivity contribution in [3.8, 4) is 11.6 Å².